The molecule has 0 amide bonds. The summed E-state index contributed by atoms with van der Waals surface area (Å²) >= 11 is 17.9. The van der Waals surface area contributed by atoms with Crippen molar-refractivity contribution in [1.82, 2.24) is 9.13 Å². The highest BCUT2D eigenvalue weighted by atomic mass is 35.5. The smallest absolute Gasteiger partial charge is 0.202 e. The van der Waals surface area contributed by atoms with E-state index in [1.54, 1.807) is 58.8 Å². The molecule has 0 spiro atoms. The van der Waals surface area contributed by atoms with Crippen molar-refractivity contribution < 1.29 is 4.79 Å². The van der Waals surface area contributed by atoms with Gasteiger partial charge >= 0.3 is 0 Å². The van der Waals surface area contributed by atoms with E-state index in [1.165, 1.54) is 0 Å². The molecule has 3 rings (SSSR count). The maximum atomic E-state index is 12.4. The highest BCUT2D eigenvalue weighted by Crippen LogP contribution is 2.27. The standard InChI is InChI=1S/C18H14Cl3N3O/c1-23-16(12-4-7-14(20)15(21)8-12)9-24(18(23)22)10-17(25)11-2-5-13(19)6-3-11/h2-9,22H,10H2,1H3. The molecule has 0 unspecified atom stereocenters. The van der Waals surface area contributed by atoms with Crippen LogP contribution < -0.4 is 5.62 Å². The molecule has 2 aromatic carbocycles. The minimum Gasteiger partial charge on any atom is -0.314 e. The van der Waals surface area contributed by atoms with Crippen molar-refractivity contribution in [3.63, 3.8) is 0 Å². The third kappa shape index (κ3) is 3.66. The molecular weight excluding hydrogens is 381 g/mol. The zero-order valence-electron chi connectivity index (χ0n) is 13.3. The van der Waals surface area contributed by atoms with Crippen molar-refractivity contribution in [2.24, 2.45) is 7.05 Å². The van der Waals surface area contributed by atoms with Crippen LogP contribution in [0.5, 0.6) is 0 Å². The van der Waals surface area contributed by atoms with Gasteiger partial charge in [0, 0.05) is 29.4 Å². The van der Waals surface area contributed by atoms with Gasteiger partial charge in [0.2, 0.25) is 5.62 Å². The molecule has 0 fully saturated rings. The molecule has 0 saturated heterocycles. The Bertz CT molecular complexity index is 1000. The van der Waals surface area contributed by atoms with Gasteiger partial charge in [-0.3, -0.25) is 10.2 Å². The molecule has 0 atom stereocenters. The molecule has 1 N–H and O–H groups in total. The van der Waals surface area contributed by atoms with Crippen molar-refractivity contribution in [2.45, 2.75) is 6.54 Å². The van der Waals surface area contributed by atoms with Gasteiger partial charge in [-0.2, -0.15) is 0 Å². The van der Waals surface area contributed by atoms with E-state index in [-0.39, 0.29) is 17.9 Å². The van der Waals surface area contributed by atoms with Crippen LogP contribution in [0, 0.1) is 5.41 Å². The number of nitrogens with zero attached hydrogens (tertiary/aromatic N) is 2. The van der Waals surface area contributed by atoms with Gasteiger partial charge < -0.3 is 9.13 Å². The molecule has 7 heteroatoms. The Labute approximate surface area is 159 Å². The second kappa shape index (κ2) is 7.08. The number of nitrogens with one attached hydrogen (secondary N) is 1. The summed E-state index contributed by atoms with van der Waals surface area (Å²) in [5.41, 5.74) is 2.36. The largest absolute Gasteiger partial charge is 0.314 e. The summed E-state index contributed by atoms with van der Waals surface area (Å²) in [6.45, 7) is 0.0651. The molecule has 0 bridgehead atoms. The Balaban J connectivity index is 1.93. The summed E-state index contributed by atoms with van der Waals surface area (Å²) in [6, 6.07) is 12.0. The van der Waals surface area contributed by atoms with Crippen LogP contribution in [0.4, 0.5) is 0 Å². The van der Waals surface area contributed by atoms with E-state index >= 15 is 0 Å². The van der Waals surface area contributed by atoms with Crippen molar-refractivity contribution in [2.75, 3.05) is 0 Å². The minimum absolute atomic E-state index is 0.0651. The highest BCUT2D eigenvalue weighted by molar-refractivity contribution is 6.42. The molecule has 0 saturated carbocycles. The minimum atomic E-state index is -0.0959. The summed E-state index contributed by atoms with van der Waals surface area (Å²) in [6.07, 6.45) is 1.76. The van der Waals surface area contributed by atoms with E-state index in [0.29, 0.717) is 20.6 Å². The average molecular weight is 395 g/mol. The van der Waals surface area contributed by atoms with Crippen LogP contribution in [-0.4, -0.2) is 14.9 Å². The Morgan fingerprint density at radius 1 is 1.04 bits per heavy atom. The number of carbonyl (C=O) groups is 1. The van der Waals surface area contributed by atoms with Gasteiger partial charge in [-0.05, 0) is 36.4 Å². The fourth-order valence-corrected chi connectivity index (χ4v) is 2.95. The normalized spacial score (nSPS) is 10.9. The third-order valence-corrected chi connectivity index (χ3v) is 4.92. The van der Waals surface area contributed by atoms with Gasteiger partial charge in [-0.25, -0.2) is 0 Å². The number of imidazole rings is 1. The first-order chi connectivity index (χ1) is 11.9. The number of aromatic nitrogens is 2. The highest BCUT2D eigenvalue weighted by Gasteiger charge is 2.13. The van der Waals surface area contributed by atoms with E-state index < -0.39 is 0 Å². The number of hydrogen-bond acceptors (Lipinski definition) is 2. The molecule has 128 valence electrons. The fourth-order valence-electron chi connectivity index (χ4n) is 2.53. The first-order valence-electron chi connectivity index (χ1n) is 7.42. The topological polar surface area (TPSA) is 50.8 Å². The molecule has 1 heterocycles. The van der Waals surface area contributed by atoms with E-state index in [9.17, 15) is 4.79 Å². The van der Waals surface area contributed by atoms with Crippen LogP contribution in [0.1, 0.15) is 10.4 Å². The first kappa shape index (κ1) is 17.8. The second-order valence-electron chi connectivity index (χ2n) is 5.58. The van der Waals surface area contributed by atoms with Gasteiger partial charge in [-0.1, -0.05) is 40.9 Å². The maximum Gasteiger partial charge on any atom is 0.202 e. The SMILES string of the molecule is Cn1c(-c2ccc(Cl)c(Cl)c2)cn(CC(=O)c2ccc(Cl)cc2)c1=N. The van der Waals surface area contributed by atoms with Crippen molar-refractivity contribution in [3.8, 4) is 11.3 Å². The van der Waals surface area contributed by atoms with Crippen molar-refractivity contribution in [3.05, 3.63) is 74.9 Å². The lowest BCUT2D eigenvalue weighted by atomic mass is 10.1. The number of Topliss-reactive ketones (excluding diaryl/α,β-unsaturated/α-hetero) is 1. The third-order valence-electron chi connectivity index (χ3n) is 3.92. The number of rotatable bonds is 4. The van der Waals surface area contributed by atoms with Gasteiger partial charge in [0.25, 0.3) is 0 Å². The van der Waals surface area contributed by atoms with E-state index in [1.807, 2.05) is 6.07 Å². The zero-order chi connectivity index (χ0) is 18.1. The Morgan fingerprint density at radius 2 is 1.72 bits per heavy atom. The van der Waals surface area contributed by atoms with Crippen molar-refractivity contribution >= 4 is 40.6 Å². The Morgan fingerprint density at radius 3 is 2.36 bits per heavy atom. The number of halogens is 3. The summed E-state index contributed by atoms with van der Waals surface area (Å²) in [4.78, 5) is 12.4. The lowest BCUT2D eigenvalue weighted by Crippen LogP contribution is -2.25. The van der Waals surface area contributed by atoms with Crippen LogP contribution in [0.25, 0.3) is 11.3 Å². The monoisotopic (exact) mass is 393 g/mol. The summed E-state index contributed by atoms with van der Waals surface area (Å²) < 4.78 is 3.28. The van der Waals surface area contributed by atoms with Crippen LogP contribution in [0.15, 0.2) is 48.7 Å². The molecule has 0 aliphatic carbocycles. The number of hydrogen-bond donors (Lipinski definition) is 1. The summed E-state index contributed by atoms with van der Waals surface area (Å²) in [5.74, 6) is -0.0959. The van der Waals surface area contributed by atoms with Gasteiger partial charge in [0.15, 0.2) is 5.78 Å². The fraction of sp³-hybridized carbons (Fsp3) is 0.111. The molecule has 1 aromatic heterocycles. The molecule has 0 radical (unpaired) electrons. The van der Waals surface area contributed by atoms with Gasteiger partial charge in [-0.15, -0.1) is 0 Å². The summed E-state index contributed by atoms with van der Waals surface area (Å²) in [5, 5.41) is 9.73. The summed E-state index contributed by atoms with van der Waals surface area (Å²) in [7, 11) is 1.77. The quantitative estimate of drug-likeness (QED) is 0.634. The molecule has 0 aliphatic rings. The first-order valence-corrected chi connectivity index (χ1v) is 8.55. The number of ketones is 1. The molecule has 4 nitrogen and oxygen atoms in total. The van der Waals surface area contributed by atoms with Crippen LogP contribution in [0.3, 0.4) is 0 Å². The molecule has 3 aromatic rings. The van der Waals surface area contributed by atoms with E-state index in [4.69, 9.17) is 40.2 Å². The predicted octanol–water partition coefficient (Wildman–Crippen LogP) is 4.82. The predicted molar refractivity (Wildman–Crippen MR) is 100 cm³/mol. The molecular formula is C18H14Cl3N3O. The lowest BCUT2D eigenvalue weighted by Gasteiger charge is -2.03. The van der Waals surface area contributed by atoms with Crippen molar-refractivity contribution in [1.29, 1.82) is 5.41 Å². The van der Waals surface area contributed by atoms with Gasteiger partial charge in [0.1, 0.15) is 0 Å². The van der Waals surface area contributed by atoms with Gasteiger partial charge in [0.05, 0.1) is 22.3 Å². The van der Waals surface area contributed by atoms with E-state index in [2.05, 4.69) is 0 Å². The lowest BCUT2D eigenvalue weighted by molar-refractivity contribution is 0.0970. The zero-order valence-corrected chi connectivity index (χ0v) is 15.5. The van der Waals surface area contributed by atoms with E-state index in [0.717, 1.165) is 11.3 Å². The average Bonchev–Trinajstić information content (AvgIpc) is 2.86. The second-order valence-corrected chi connectivity index (χ2v) is 6.83. The molecule has 25 heavy (non-hydrogen) atoms. The van der Waals surface area contributed by atoms with Crippen LogP contribution >= 0.6 is 34.8 Å². The Kier molecular flexibility index (Phi) is 5.04. The Hall–Kier alpha value is -2.01. The molecule has 0 aliphatic heterocycles. The number of benzene rings is 2. The van der Waals surface area contributed by atoms with Crippen LogP contribution in [0.2, 0.25) is 15.1 Å². The van der Waals surface area contributed by atoms with Crippen LogP contribution in [-0.2, 0) is 13.6 Å². The maximum absolute atomic E-state index is 12.4. The number of carbonyl (C=O) groups excluding carboxylic acids is 1.